The molecule has 0 aromatic carbocycles. The Balaban J connectivity index is 2.34. The highest BCUT2D eigenvalue weighted by molar-refractivity contribution is 8.00. The lowest BCUT2D eigenvalue weighted by molar-refractivity contribution is 0.112. The molecular weight excluding hydrogens is 296 g/mol. The predicted octanol–water partition coefficient (Wildman–Crippen LogP) is 2.23. The quantitative estimate of drug-likeness (QED) is 0.876. The van der Waals surface area contributed by atoms with Crippen molar-refractivity contribution < 1.29 is 4.79 Å². The molecule has 0 saturated carbocycles. The van der Waals surface area contributed by atoms with E-state index in [0.29, 0.717) is 20.7 Å². The van der Waals surface area contributed by atoms with Gasteiger partial charge in [-0.25, -0.2) is 14.9 Å². The summed E-state index contributed by atoms with van der Waals surface area (Å²) in [5, 5.41) is 6.98. The lowest BCUT2D eigenvalue weighted by atomic mass is 10.4. The molecule has 2 aromatic heterocycles. The third-order valence-corrected chi connectivity index (χ3v) is 4.48. The number of carbonyl (C=O) groups excluding carboxylic acids is 1. The maximum Gasteiger partial charge on any atom is 0.344 e. The van der Waals surface area contributed by atoms with Crippen molar-refractivity contribution in [1.82, 2.24) is 19.7 Å². The van der Waals surface area contributed by atoms with Crippen LogP contribution in [0.4, 0.5) is 0 Å². The van der Waals surface area contributed by atoms with E-state index in [-0.39, 0.29) is 16.9 Å². The summed E-state index contributed by atoms with van der Waals surface area (Å²) in [6.45, 7) is 3.76. The Morgan fingerprint density at radius 2 is 2.28 bits per heavy atom. The zero-order chi connectivity index (χ0) is 13.3. The molecular formula is C9H9ClN4O2S2. The van der Waals surface area contributed by atoms with Gasteiger partial charge in [0.25, 0.3) is 0 Å². The highest BCUT2D eigenvalue weighted by Gasteiger charge is 2.16. The molecule has 0 unspecified atom stereocenters. The van der Waals surface area contributed by atoms with Gasteiger partial charge in [-0.05, 0) is 25.6 Å². The second kappa shape index (κ2) is 5.25. The van der Waals surface area contributed by atoms with Gasteiger partial charge in [0.2, 0.25) is 0 Å². The number of H-pyrrole nitrogens is 1. The van der Waals surface area contributed by atoms with Crippen LogP contribution >= 0.6 is 34.7 Å². The van der Waals surface area contributed by atoms with Gasteiger partial charge in [0, 0.05) is 6.04 Å². The van der Waals surface area contributed by atoms with Gasteiger partial charge >= 0.3 is 5.69 Å². The summed E-state index contributed by atoms with van der Waals surface area (Å²) in [5.74, 6) is 0. The molecule has 0 amide bonds. The summed E-state index contributed by atoms with van der Waals surface area (Å²) >= 11 is 8.14. The number of nitrogens with zero attached hydrogens (tertiary/aromatic N) is 3. The van der Waals surface area contributed by atoms with Crippen molar-refractivity contribution in [3.63, 3.8) is 0 Å². The van der Waals surface area contributed by atoms with Crippen molar-refractivity contribution in [2.75, 3.05) is 0 Å². The Bertz CT molecular complexity index is 631. The fraction of sp³-hybridized carbons (Fsp3) is 0.333. The molecule has 0 atom stereocenters. The number of halogens is 1. The number of carbonyl (C=O) groups is 1. The first kappa shape index (κ1) is 13.3. The third-order valence-electron chi connectivity index (χ3n) is 2.06. The minimum absolute atomic E-state index is 0.0141. The van der Waals surface area contributed by atoms with Crippen molar-refractivity contribution in [3.8, 4) is 0 Å². The summed E-state index contributed by atoms with van der Waals surface area (Å²) in [7, 11) is 0. The molecule has 0 radical (unpaired) electrons. The van der Waals surface area contributed by atoms with E-state index in [1.807, 2.05) is 13.8 Å². The number of thiazole rings is 1. The molecule has 96 valence electrons. The fourth-order valence-electron chi connectivity index (χ4n) is 1.31. The zero-order valence-electron chi connectivity index (χ0n) is 9.51. The number of hydrogen-bond donors (Lipinski definition) is 1. The highest BCUT2D eigenvalue weighted by atomic mass is 35.5. The van der Waals surface area contributed by atoms with Crippen LogP contribution in [-0.4, -0.2) is 26.0 Å². The summed E-state index contributed by atoms with van der Waals surface area (Å²) in [6.07, 6.45) is 0.657. The summed E-state index contributed by atoms with van der Waals surface area (Å²) < 4.78 is 2.09. The second-order valence-corrected chi connectivity index (χ2v) is 6.23. The molecule has 0 aliphatic rings. The lowest BCUT2D eigenvalue weighted by Gasteiger charge is -2.06. The van der Waals surface area contributed by atoms with Crippen molar-refractivity contribution >= 4 is 41.0 Å². The molecule has 18 heavy (non-hydrogen) atoms. The Labute approximate surface area is 115 Å². The number of aromatic amines is 1. The number of aldehydes is 1. The predicted molar refractivity (Wildman–Crippen MR) is 69.9 cm³/mol. The van der Waals surface area contributed by atoms with E-state index in [9.17, 15) is 9.59 Å². The van der Waals surface area contributed by atoms with Gasteiger partial charge in [-0.1, -0.05) is 11.6 Å². The van der Waals surface area contributed by atoms with Crippen LogP contribution in [0.5, 0.6) is 0 Å². The van der Waals surface area contributed by atoms with Crippen LogP contribution in [0.2, 0.25) is 5.15 Å². The molecule has 6 nitrogen and oxygen atoms in total. The summed E-state index contributed by atoms with van der Waals surface area (Å²) in [6, 6.07) is -0.0141. The van der Waals surface area contributed by atoms with Crippen LogP contribution in [0.25, 0.3) is 0 Å². The first-order valence-corrected chi connectivity index (χ1v) is 7.00. The van der Waals surface area contributed by atoms with Crippen LogP contribution in [0.3, 0.4) is 0 Å². The molecule has 1 N–H and O–H groups in total. The molecule has 0 fully saturated rings. The van der Waals surface area contributed by atoms with Crippen molar-refractivity contribution in [2.45, 2.75) is 29.4 Å². The molecule has 9 heteroatoms. The van der Waals surface area contributed by atoms with Crippen LogP contribution in [0, 0.1) is 0 Å². The van der Waals surface area contributed by atoms with Gasteiger partial charge < -0.3 is 0 Å². The monoisotopic (exact) mass is 304 g/mol. The van der Waals surface area contributed by atoms with E-state index >= 15 is 0 Å². The Hall–Kier alpha value is -1.12. The Kier molecular flexibility index (Phi) is 3.88. The fourth-order valence-corrected chi connectivity index (χ4v) is 3.59. The van der Waals surface area contributed by atoms with Gasteiger partial charge in [0.1, 0.15) is 4.88 Å². The molecule has 2 heterocycles. The minimum atomic E-state index is -0.272. The SMILES string of the molecule is CC(C)n1c(Sc2nc(Cl)c(C=O)s2)n[nH]c1=O. The highest BCUT2D eigenvalue weighted by Crippen LogP contribution is 2.33. The maximum absolute atomic E-state index is 11.5. The number of aromatic nitrogens is 4. The molecule has 0 spiro atoms. The lowest BCUT2D eigenvalue weighted by Crippen LogP contribution is -2.19. The average Bonchev–Trinajstić information content (AvgIpc) is 2.82. The van der Waals surface area contributed by atoms with E-state index in [2.05, 4.69) is 15.2 Å². The van der Waals surface area contributed by atoms with E-state index < -0.39 is 0 Å². The van der Waals surface area contributed by atoms with Gasteiger partial charge in [0.15, 0.2) is 20.9 Å². The van der Waals surface area contributed by atoms with Crippen LogP contribution in [-0.2, 0) is 0 Å². The van der Waals surface area contributed by atoms with E-state index in [1.54, 1.807) is 0 Å². The van der Waals surface area contributed by atoms with Crippen molar-refractivity contribution in [1.29, 1.82) is 0 Å². The number of hydrogen-bond acceptors (Lipinski definition) is 6. The maximum atomic E-state index is 11.5. The molecule has 2 rings (SSSR count). The number of rotatable bonds is 4. The molecule has 0 bridgehead atoms. The van der Waals surface area contributed by atoms with Gasteiger partial charge in [-0.15, -0.1) is 16.4 Å². The van der Waals surface area contributed by atoms with Gasteiger partial charge in [0.05, 0.1) is 0 Å². The summed E-state index contributed by atoms with van der Waals surface area (Å²) in [5.41, 5.74) is -0.272. The standard InChI is InChI=1S/C9H9ClN4O2S2/c1-4(2)14-7(16)12-13-8(14)18-9-11-6(10)5(3-15)17-9/h3-4H,1-2H3,(H,12,16). The summed E-state index contributed by atoms with van der Waals surface area (Å²) in [4.78, 5) is 26.6. The van der Waals surface area contributed by atoms with E-state index in [0.717, 1.165) is 0 Å². The first-order chi connectivity index (χ1) is 8.52. The first-order valence-electron chi connectivity index (χ1n) is 4.99. The van der Waals surface area contributed by atoms with Gasteiger partial charge in [-0.2, -0.15) is 0 Å². The Morgan fingerprint density at radius 3 is 2.83 bits per heavy atom. The molecule has 0 aliphatic heterocycles. The molecule has 0 saturated heterocycles. The third kappa shape index (κ3) is 2.50. The molecule has 2 aromatic rings. The van der Waals surface area contributed by atoms with Crippen LogP contribution in [0.15, 0.2) is 14.3 Å². The second-order valence-electron chi connectivity index (χ2n) is 3.63. The minimum Gasteiger partial charge on any atom is -0.297 e. The zero-order valence-corrected chi connectivity index (χ0v) is 11.9. The molecule has 0 aliphatic carbocycles. The average molecular weight is 305 g/mol. The number of nitrogens with one attached hydrogen (secondary N) is 1. The Morgan fingerprint density at radius 1 is 1.56 bits per heavy atom. The van der Waals surface area contributed by atoms with E-state index in [1.165, 1.54) is 27.7 Å². The smallest absolute Gasteiger partial charge is 0.297 e. The topological polar surface area (TPSA) is 80.6 Å². The normalized spacial score (nSPS) is 11.1. The van der Waals surface area contributed by atoms with E-state index in [4.69, 9.17) is 11.6 Å². The van der Waals surface area contributed by atoms with Crippen LogP contribution < -0.4 is 5.69 Å². The van der Waals surface area contributed by atoms with Crippen LogP contribution in [0.1, 0.15) is 29.6 Å². The largest absolute Gasteiger partial charge is 0.344 e. The van der Waals surface area contributed by atoms with Crippen molar-refractivity contribution in [2.24, 2.45) is 0 Å². The van der Waals surface area contributed by atoms with Crippen molar-refractivity contribution in [3.05, 3.63) is 20.5 Å². The van der Waals surface area contributed by atoms with Gasteiger partial charge in [-0.3, -0.25) is 9.36 Å².